The molecule has 10 heteroatoms. The summed E-state index contributed by atoms with van der Waals surface area (Å²) in [6.45, 7) is 0. The topological polar surface area (TPSA) is 126 Å². The molecule has 0 radical (unpaired) electrons. The molecule has 41 heavy (non-hydrogen) atoms. The van der Waals surface area contributed by atoms with Gasteiger partial charge in [0.15, 0.2) is 10.6 Å². The number of aliphatic carboxylic acids is 1. The summed E-state index contributed by atoms with van der Waals surface area (Å²) in [5.74, 6) is -2.19. The Morgan fingerprint density at radius 1 is 0.951 bits per heavy atom. The lowest BCUT2D eigenvalue weighted by Crippen LogP contribution is -2.58. The first-order valence-corrected chi connectivity index (χ1v) is 15.1. The number of hydrogen-bond acceptors (Lipinski definition) is 6. The van der Waals surface area contributed by atoms with Gasteiger partial charge in [-0.2, -0.15) is 4.72 Å². The predicted molar refractivity (Wildman–Crippen MR) is 159 cm³/mol. The van der Waals surface area contributed by atoms with E-state index < -0.39 is 32.8 Å². The second kappa shape index (κ2) is 10.5. The van der Waals surface area contributed by atoms with E-state index in [2.05, 4.69) is 10.0 Å². The molecule has 3 aromatic carbocycles. The molecule has 0 fully saturated rings. The molecule has 2 unspecified atom stereocenters. The molecule has 0 aliphatic heterocycles. The van der Waals surface area contributed by atoms with Gasteiger partial charge in [0.25, 0.3) is 5.91 Å². The van der Waals surface area contributed by atoms with Gasteiger partial charge in [0.05, 0.1) is 0 Å². The zero-order valence-corrected chi connectivity index (χ0v) is 23.1. The summed E-state index contributed by atoms with van der Waals surface area (Å²) in [6, 6.07) is 23.2. The number of benzene rings is 3. The third kappa shape index (κ3) is 5.08. The highest BCUT2D eigenvalue weighted by Crippen LogP contribution is 2.33. The molecule has 1 amide bonds. The lowest BCUT2D eigenvalue weighted by atomic mass is 9.96. The molecule has 6 rings (SSSR count). The number of carboxylic acids is 1. The number of fused-ring (bicyclic) bond motifs is 2. The Labute approximate surface area is 239 Å². The number of furan rings is 1. The summed E-state index contributed by atoms with van der Waals surface area (Å²) >= 11 is 1.50. The summed E-state index contributed by atoms with van der Waals surface area (Å²) < 4.78 is 37.2. The molecule has 1 aliphatic rings. The highest BCUT2D eigenvalue weighted by atomic mass is 32.2. The first-order chi connectivity index (χ1) is 19.7. The average Bonchev–Trinajstić information content (AvgIpc) is 3.63. The Bertz CT molecular complexity index is 1920. The molecule has 0 bridgehead atoms. The van der Waals surface area contributed by atoms with Gasteiger partial charge in [-0.15, -0.1) is 11.3 Å². The van der Waals surface area contributed by atoms with E-state index in [1.807, 2.05) is 41.8 Å². The van der Waals surface area contributed by atoms with Gasteiger partial charge in [-0.25, -0.2) is 8.42 Å². The van der Waals surface area contributed by atoms with Crippen LogP contribution in [0.5, 0.6) is 0 Å². The highest BCUT2D eigenvalue weighted by molar-refractivity contribution is 7.91. The van der Waals surface area contributed by atoms with Crippen LogP contribution in [0.15, 0.2) is 113 Å². The van der Waals surface area contributed by atoms with Crippen LogP contribution in [-0.4, -0.2) is 30.3 Å². The van der Waals surface area contributed by atoms with Crippen molar-refractivity contribution < 1.29 is 27.5 Å². The monoisotopic (exact) mass is 584 g/mol. The molecule has 2 atom stereocenters. The average molecular weight is 585 g/mol. The molecule has 5 aromatic rings. The van der Waals surface area contributed by atoms with Crippen molar-refractivity contribution in [2.75, 3.05) is 0 Å². The van der Waals surface area contributed by atoms with Crippen molar-refractivity contribution in [1.29, 1.82) is 0 Å². The fourth-order valence-electron chi connectivity index (χ4n) is 4.86. The lowest BCUT2D eigenvalue weighted by Gasteiger charge is -2.34. The number of hydrogen-bond donors (Lipinski definition) is 3. The first kappa shape index (κ1) is 26.7. The van der Waals surface area contributed by atoms with Crippen LogP contribution in [0.1, 0.15) is 34.1 Å². The summed E-state index contributed by atoms with van der Waals surface area (Å²) in [7, 11) is -4.55. The van der Waals surface area contributed by atoms with E-state index in [0.29, 0.717) is 11.0 Å². The van der Waals surface area contributed by atoms with Crippen LogP contribution in [-0.2, 0) is 14.8 Å². The third-order valence-corrected chi connectivity index (χ3v) is 9.86. The number of carboxylic acid groups (broad SMARTS) is 1. The predicted octanol–water partition coefficient (Wildman–Crippen LogP) is 5.86. The van der Waals surface area contributed by atoms with Crippen molar-refractivity contribution >= 4 is 59.9 Å². The molecule has 0 saturated carbocycles. The molecule has 0 saturated heterocycles. The number of carbonyl (C=O) groups is 2. The van der Waals surface area contributed by atoms with Crippen molar-refractivity contribution in [3.63, 3.8) is 0 Å². The summed E-state index contributed by atoms with van der Waals surface area (Å²) in [4.78, 5) is 23.8. The third-order valence-electron chi connectivity index (χ3n) is 7.05. The smallest absolute Gasteiger partial charge is 0.326 e. The maximum Gasteiger partial charge on any atom is 0.326 e. The SMILES string of the molecule is O=C(NC1(S(=O)(=O)NC(C(=O)O)c2ccc3sccc3c2)C=CC(c2ccccc2)=CC1)c1cc2ccccc2o1. The maximum absolute atomic E-state index is 14.1. The Morgan fingerprint density at radius 3 is 2.46 bits per heavy atom. The van der Waals surface area contributed by atoms with E-state index in [1.165, 1.54) is 23.5 Å². The van der Waals surface area contributed by atoms with Crippen molar-refractivity contribution in [3.8, 4) is 0 Å². The van der Waals surface area contributed by atoms with E-state index in [1.54, 1.807) is 54.6 Å². The lowest BCUT2D eigenvalue weighted by molar-refractivity contribution is -0.139. The van der Waals surface area contributed by atoms with E-state index in [4.69, 9.17) is 4.42 Å². The minimum atomic E-state index is -4.55. The number of amides is 1. The fraction of sp³-hybridized carbons (Fsp3) is 0.0968. The van der Waals surface area contributed by atoms with Gasteiger partial charge >= 0.3 is 5.97 Å². The number of thiophene rings is 1. The van der Waals surface area contributed by atoms with Crippen molar-refractivity contribution in [1.82, 2.24) is 10.0 Å². The number of rotatable bonds is 8. The molecular weight excluding hydrogens is 560 g/mol. The van der Waals surface area contributed by atoms with Crippen LogP contribution in [0.2, 0.25) is 0 Å². The van der Waals surface area contributed by atoms with Gasteiger partial charge in [-0.05, 0) is 63.9 Å². The minimum Gasteiger partial charge on any atom is -0.480 e. The summed E-state index contributed by atoms with van der Waals surface area (Å²) in [6.07, 6.45) is 4.56. The van der Waals surface area contributed by atoms with Crippen LogP contribution in [0.4, 0.5) is 0 Å². The molecular formula is C31H24N2O6S2. The molecule has 0 spiro atoms. The van der Waals surface area contributed by atoms with Crippen molar-refractivity contribution in [3.05, 3.63) is 125 Å². The standard InChI is InChI=1S/C31H24N2O6S2/c34-29(26-19-22-8-4-5-9-25(22)39-26)32-31(15-12-21(13-16-31)20-6-2-1-3-7-20)41(37,38)33-28(30(35)36)24-10-11-27-23(18-24)14-17-40-27/h1-15,17-19,28,33H,16H2,(H,32,34)(H,35,36). The molecule has 3 N–H and O–H groups in total. The fourth-order valence-corrected chi connectivity index (χ4v) is 7.16. The van der Waals surface area contributed by atoms with Crippen molar-refractivity contribution in [2.24, 2.45) is 0 Å². The van der Waals surface area contributed by atoms with E-state index >= 15 is 0 Å². The van der Waals surface area contributed by atoms with Gasteiger partial charge < -0.3 is 14.8 Å². The van der Waals surface area contributed by atoms with Gasteiger partial charge in [-0.3, -0.25) is 9.59 Å². The van der Waals surface area contributed by atoms with Crippen LogP contribution >= 0.6 is 11.3 Å². The highest BCUT2D eigenvalue weighted by Gasteiger charge is 2.46. The normalized spacial score (nSPS) is 17.8. The Hall–Kier alpha value is -4.51. The molecule has 2 heterocycles. The van der Waals surface area contributed by atoms with Crippen LogP contribution < -0.4 is 10.0 Å². The van der Waals surface area contributed by atoms with Gasteiger partial charge in [0, 0.05) is 16.5 Å². The summed E-state index contributed by atoms with van der Waals surface area (Å²) in [5.41, 5.74) is 2.39. The van der Waals surface area contributed by atoms with Crippen LogP contribution in [0.25, 0.3) is 26.6 Å². The van der Waals surface area contributed by atoms with Gasteiger partial charge in [0.2, 0.25) is 10.0 Å². The second-order valence-electron chi connectivity index (χ2n) is 9.67. The summed E-state index contributed by atoms with van der Waals surface area (Å²) in [5, 5.41) is 16.1. The molecule has 8 nitrogen and oxygen atoms in total. The number of carbonyl (C=O) groups excluding carboxylic acids is 1. The van der Waals surface area contributed by atoms with Crippen LogP contribution in [0.3, 0.4) is 0 Å². The number of allylic oxidation sites excluding steroid dienone is 2. The molecule has 1 aliphatic carbocycles. The minimum absolute atomic E-state index is 0.0651. The Morgan fingerprint density at radius 2 is 1.73 bits per heavy atom. The van der Waals surface area contributed by atoms with E-state index in [0.717, 1.165) is 21.2 Å². The number of nitrogens with one attached hydrogen (secondary N) is 2. The molecule has 206 valence electrons. The van der Waals surface area contributed by atoms with Gasteiger partial charge in [-0.1, -0.05) is 66.7 Å². The zero-order valence-electron chi connectivity index (χ0n) is 21.5. The Kier molecular flexibility index (Phi) is 6.82. The van der Waals surface area contributed by atoms with E-state index in [9.17, 15) is 23.1 Å². The second-order valence-corrected chi connectivity index (χ2v) is 12.6. The van der Waals surface area contributed by atoms with Gasteiger partial charge in [0.1, 0.15) is 11.6 Å². The quantitative estimate of drug-likeness (QED) is 0.210. The van der Waals surface area contributed by atoms with Crippen molar-refractivity contribution in [2.45, 2.75) is 17.3 Å². The zero-order chi connectivity index (χ0) is 28.6. The number of sulfonamides is 1. The molecule has 2 aromatic heterocycles. The first-order valence-electron chi connectivity index (χ1n) is 12.7. The van der Waals surface area contributed by atoms with E-state index in [-0.39, 0.29) is 17.7 Å². The Balaban J connectivity index is 1.37. The maximum atomic E-state index is 14.1. The number of para-hydroxylation sites is 1. The largest absolute Gasteiger partial charge is 0.480 e. The van der Waals surface area contributed by atoms with Crippen LogP contribution in [0, 0.1) is 0 Å².